The van der Waals surface area contributed by atoms with Crippen LogP contribution in [0.4, 0.5) is 11.4 Å². The van der Waals surface area contributed by atoms with E-state index in [0.29, 0.717) is 0 Å². The summed E-state index contributed by atoms with van der Waals surface area (Å²) in [4.78, 5) is 0. The first-order chi connectivity index (χ1) is 9.84. The number of para-hydroxylation sites is 2. The first-order valence-corrected chi connectivity index (χ1v) is 6.71. The molecular weight excluding hydrogens is 266 g/mol. The topological polar surface area (TPSA) is 72.3 Å². The van der Waals surface area contributed by atoms with Crippen molar-refractivity contribution in [1.29, 1.82) is 0 Å². The van der Waals surface area contributed by atoms with E-state index in [4.69, 9.17) is 0 Å². The quantitative estimate of drug-likeness (QED) is 0.872. The number of nitrogens with zero attached hydrogens (tertiary/aromatic N) is 3. The number of hydrogen-bond acceptors (Lipinski definition) is 3. The summed E-state index contributed by atoms with van der Waals surface area (Å²) in [6.07, 6.45) is 1.74. The molecule has 0 aliphatic carbocycles. The zero-order valence-electron chi connectivity index (χ0n) is 11.4. The van der Waals surface area contributed by atoms with Crippen LogP contribution in [0.1, 0.15) is 12.0 Å². The number of fused-ring (bicyclic) bond motifs is 3. The number of anilines is 2. The summed E-state index contributed by atoms with van der Waals surface area (Å²) in [5, 5.41) is 13.9. The molecule has 2 aromatic carbocycles. The molecule has 2 aromatic rings. The van der Waals surface area contributed by atoms with Crippen molar-refractivity contribution in [3.63, 3.8) is 0 Å². The molecule has 0 aromatic heterocycles. The van der Waals surface area contributed by atoms with Gasteiger partial charge in [0.2, 0.25) is 5.88 Å². The first-order valence-electron chi connectivity index (χ1n) is 6.71. The van der Waals surface area contributed by atoms with Crippen molar-refractivity contribution in [2.75, 3.05) is 10.0 Å². The molecule has 0 spiro atoms. The van der Waals surface area contributed by atoms with Crippen LogP contribution in [0.5, 0.6) is 0 Å². The van der Waals surface area contributed by atoms with E-state index in [1.54, 1.807) is 5.01 Å². The van der Waals surface area contributed by atoms with E-state index in [1.807, 2.05) is 53.5 Å². The summed E-state index contributed by atoms with van der Waals surface area (Å²) in [7, 11) is 0. The van der Waals surface area contributed by atoms with Gasteiger partial charge < -0.3 is 10.6 Å². The molecule has 107 valence electrons. The van der Waals surface area contributed by atoms with E-state index in [2.05, 4.69) is 11.6 Å². The van der Waals surface area contributed by atoms with E-state index in [0.717, 1.165) is 29.9 Å². The van der Waals surface area contributed by atoms with E-state index >= 15 is 0 Å². The van der Waals surface area contributed by atoms with Gasteiger partial charge in [0.15, 0.2) is 0 Å². The van der Waals surface area contributed by atoms with Gasteiger partial charge in [-0.15, -0.1) is 0 Å². The van der Waals surface area contributed by atoms with Gasteiger partial charge in [-0.2, -0.15) is 0 Å². The average molecular weight is 282 g/mol. The summed E-state index contributed by atoms with van der Waals surface area (Å²) < 4.78 is 0. The van der Waals surface area contributed by atoms with Crippen LogP contribution in [-0.2, 0) is 6.42 Å². The first kappa shape index (κ1) is 13.5. The summed E-state index contributed by atoms with van der Waals surface area (Å²) in [6.45, 7) is 0. The van der Waals surface area contributed by atoms with Crippen molar-refractivity contribution >= 4 is 11.4 Å². The fraction of sp³-hybridized carbons (Fsp3) is 0.125. The molecule has 0 saturated heterocycles. The lowest BCUT2D eigenvalue weighted by atomic mass is 10.0. The van der Waals surface area contributed by atoms with Gasteiger partial charge in [-0.25, -0.2) is 10.0 Å². The van der Waals surface area contributed by atoms with Crippen LogP contribution in [0.3, 0.4) is 0 Å². The van der Waals surface area contributed by atoms with Gasteiger partial charge in [-0.1, -0.05) is 36.4 Å². The van der Waals surface area contributed by atoms with Crippen molar-refractivity contribution in [3.05, 3.63) is 71.7 Å². The maximum Gasteiger partial charge on any atom is 0.231 e. The minimum absolute atomic E-state index is 0. The van der Waals surface area contributed by atoms with Crippen LogP contribution in [0.15, 0.2) is 66.2 Å². The Balaban J connectivity index is 0.00000132. The highest BCUT2D eigenvalue weighted by Gasteiger charge is 2.35. The Hall–Kier alpha value is -2.50. The van der Waals surface area contributed by atoms with Crippen LogP contribution in [0.25, 0.3) is 0 Å². The lowest BCUT2D eigenvalue weighted by Crippen LogP contribution is -2.36. The summed E-state index contributed by atoms with van der Waals surface area (Å²) >= 11 is 0. The number of hydrogen-bond donors (Lipinski definition) is 1. The number of aliphatic hydroxyl groups is 1. The molecule has 21 heavy (non-hydrogen) atoms. The molecule has 3 N–H and O–H groups in total. The smallest absolute Gasteiger partial charge is 0.231 e. The Kier molecular flexibility index (Phi) is 3.29. The van der Waals surface area contributed by atoms with Crippen molar-refractivity contribution in [1.82, 2.24) is 5.53 Å². The lowest BCUT2D eigenvalue weighted by Gasteiger charge is -2.27. The zero-order chi connectivity index (χ0) is 13.5. The molecule has 0 saturated carbocycles. The van der Waals surface area contributed by atoms with Crippen molar-refractivity contribution in [2.45, 2.75) is 12.8 Å². The fourth-order valence-electron chi connectivity index (χ4n) is 2.74. The third-order valence-corrected chi connectivity index (χ3v) is 3.74. The van der Waals surface area contributed by atoms with Crippen LogP contribution in [-0.4, -0.2) is 10.6 Å². The number of allylic oxidation sites excluding steroid dienone is 1. The third-order valence-electron chi connectivity index (χ3n) is 3.74. The molecular formula is C16H16N3O2. The second-order valence-electron chi connectivity index (χ2n) is 4.95. The van der Waals surface area contributed by atoms with Crippen molar-refractivity contribution in [3.8, 4) is 0 Å². The van der Waals surface area contributed by atoms with E-state index in [1.165, 1.54) is 5.56 Å². The van der Waals surface area contributed by atoms with Gasteiger partial charge in [0, 0.05) is 0 Å². The molecule has 5 nitrogen and oxygen atoms in total. The maximum absolute atomic E-state index is 10.4. The third kappa shape index (κ3) is 2.03. The van der Waals surface area contributed by atoms with E-state index < -0.39 is 0 Å². The van der Waals surface area contributed by atoms with Gasteiger partial charge in [0.05, 0.1) is 11.4 Å². The van der Waals surface area contributed by atoms with Gasteiger partial charge in [-0.05, 0) is 42.1 Å². The normalized spacial score (nSPS) is 16.4. The highest BCUT2D eigenvalue weighted by atomic mass is 16.3. The molecule has 2 heterocycles. The summed E-state index contributed by atoms with van der Waals surface area (Å²) in [5.41, 5.74) is 8.60. The Morgan fingerprint density at radius 2 is 1.57 bits per heavy atom. The Bertz CT molecular complexity index is 685. The Labute approximate surface area is 123 Å². The monoisotopic (exact) mass is 282 g/mol. The second kappa shape index (κ2) is 5.12. The summed E-state index contributed by atoms with van der Waals surface area (Å²) in [6, 6.07) is 17.9. The largest absolute Gasteiger partial charge is 0.492 e. The number of aryl methyl sites for hydroxylation is 1. The minimum Gasteiger partial charge on any atom is -0.492 e. The number of rotatable bonds is 1. The standard InChI is InChI=1S/C16H14N3O.H2O/c20-16-15-11-10-12-6-4-5-9-14(12)19(15)17-18(16)13-7-2-1-3-8-13;/h1-9,20H,10-11H2;1H2. The maximum atomic E-state index is 10.4. The molecule has 2 aliphatic heterocycles. The highest BCUT2D eigenvalue weighted by molar-refractivity contribution is 5.65. The molecule has 4 rings (SSSR count). The van der Waals surface area contributed by atoms with Gasteiger partial charge in [0.1, 0.15) is 5.70 Å². The highest BCUT2D eigenvalue weighted by Crippen LogP contribution is 2.38. The number of benzene rings is 2. The van der Waals surface area contributed by atoms with Gasteiger partial charge >= 0.3 is 0 Å². The molecule has 1 radical (unpaired) electrons. The van der Waals surface area contributed by atoms with E-state index in [-0.39, 0.29) is 11.4 Å². The molecule has 0 atom stereocenters. The SMILES string of the molecule is O.OC1=C2CCc3ccccc3N2[N]N1c1ccccc1. The predicted octanol–water partition coefficient (Wildman–Crippen LogP) is 2.30. The molecule has 0 fully saturated rings. The second-order valence-corrected chi connectivity index (χ2v) is 4.95. The van der Waals surface area contributed by atoms with Crippen molar-refractivity contribution in [2.24, 2.45) is 0 Å². The average Bonchev–Trinajstić information content (AvgIpc) is 2.86. The molecule has 0 bridgehead atoms. The Morgan fingerprint density at radius 1 is 0.857 bits per heavy atom. The van der Waals surface area contributed by atoms with Crippen LogP contribution in [0, 0.1) is 0 Å². The fourth-order valence-corrected chi connectivity index (χ4v) is 2.74. The lowest BCUT2D eigenvalue weighted by molar-refractivity contribution is 0.385. The number of aliphatic hydroxyl groups excluding tert-OH is 1. The van der Waals surface area contributed by atoms with Gasteiger partial charge in [0.25, 0.3) is 0 Å². The van der Waals surface area contributed by atoms with Crippen LogP contribution >= 0.6 is 0 Å². The molecule has 5 heteroatoms. The Morgan fingerprint density at radius 3 is 2.38 bits per heavy atom. The predicted molar refractivity (Wildman–Crippen MR) is 81.6 cm³/mol. The molecule has 0 amide bonds. The van der Waals surface area contributed by atoms with Crippen molar-refractivity contribution < 1.29 is 10.6 Å². The van der Waals surface area contributed by atoms with Crippen LogP contribution in [0.2, 0.25) is 0 Å². The van der Waals surface area contributed by atoms with Crippen LogP contribution < -0.4 is 15.6 Å². The van der Waals surface area contributed by atoms with Gasteiger partial charge in [-0.3, -0.25) is 0 Å². The molecule has 0 unspecified atom stereocenters. The molecule has 2 aliphatic rings. The summed E-state index contributed by atoms with van der Waals surface area (Å²) in [5.74, 6) is 0.228. The van der Waals surface area contributed by atoms with E-state index in [9.17, 15) is 5.11 Å². The zero-order valence-corrected chi connectivity index (χ0v) is 11.4. The minimum atomic E-state index is 0.